The molecule has 1 aromatic heterocycles. The maximum absolute atomic E-state index is 3.74. The summed E-state index contributed by atoms with van der Waals surface area (Å²) >= 11 is 5.45. The summed E-state index contributed by atoms with van der Waals surface area (Å²) in [6.07, 6.45) is 8.10. The highest BCUT2D eigenvalue weighted by Gasteiger charge is 2.24. The van der Waals surface area contributed by atoms with E-state index in [0.29, 0.717) is 0 Å². The average Bonchev–Trinajstić information content (AvgIpc) is 2.74. The topological polar surface area (TPSA) is 12.0 Å². The monoisotopic (exact) mass is 315 g/mol. The van der Waals surface area contributed by atoms with Gasteiger partial charge in [0, 0.05) is 10.9 Å². The van der Waals surface area contributed by atoms with E-state index < -0.39 is 0 Å². The van der Waals surface area contributed by atoms with Crippen molar-refractivity contribution >= 4 is 27.3 Å². The molecule has 0 radical (unpaired) electrons. The Hall–Kier alpha value is 0.140. The van der Waals surface area contributed by atoms with Gasteiger partial charge in [0.05, 0.1) is 3.79 Å². The van der Waals surface area contributed by atoms with Crippen molar-refractivity contribution in [3.8, 4) is 0 Å². The quantitative estimate of drug-likeness (QED) is 0.836. The summed E-state index contributed by atoms with van der Waals surface area (Å²) < 4.78 is 1.27. The van der Waals surface area contributed by atoms with E-state index in [2.05, 4.69) is 40.3 Å². The van der Waals surface area contributed by atoms with Crippen LogP contribution in [0.1, 0.15) is 43.9 Å². The van der Waals surface area contributed by atoms with Crippen molar-refractivity contribution < 1.29 is 0 Å². The van der Waals surface area contributed by atoms with E-state index in [1.54, 1.807) is 0 Å². The number of rotatable bonds is 5. The molecule has 0 bridgehead atoms. The molecule has 1 heterocycles. The molecule has 1 saturated carbocycles. The highest BCUT2D eigenvalue weighted by molar-refractivity contribution is 9.11. The summed E-state index contributed by atoms with van der Waals surface area (Å²) in [6, 6.07) is 5.21. The molecule has 2 unspecified atom stereocenters. The van der Waals surface area contributed by atoms with E-state index in [9.17, 15) is 0 Å². The third-order valence-electron chi connectivity index (χ3n) is 3.66. The number of nitrogens with one attached hydrogen (secondary N) is 1. The lowest BCUT2D eigenvalue weighted by atomic mass is 9.82. The van der Waals surface area contributed by atoms with Gasteiger partial charge in [-0.1, -0.05) is 19.8 Å². The van der Waals surface area contributed by atoms with Gasteiger partial charge in [0.1, 0.15) is 0 Å². The average molecular weight is 316 g/mol. The van der Waals surface area contributed by atoms with Crippen molar-refractivity contribution in [2.75, 3.05) is 6.54 Å². The second-order valence-corrected chi connectivity index (χ2v) is 7.56. The van der Waals surface area contributed by atoms with Gasteiger partial charge in [-0.25, -0.2) is 0 Å². The van der Waals surface area contributed by atoms with Crippen LogP contribution in [-0.4, -0.2) is 12.6 Å². The van der Waals surface area contributed by atoms with Crippen molar-refractivity contribution in [2.45, 2.75) is 51.5 Å². The minimum Gasteiger partial charge on any atom is -0.314 e. The number of hydrogen-bond acceptors (Lipinski definition) is 2. The third kappa shape index (κ3) is 4.08. The van der Waals surface area contributed by atoms with Crippen LogP contribution in [-0.2, 0) is 6.42 Å². The van der Waals surface area contributed by atoms with Crippen LogP contribution in [0.4, 0.5) is 0 Å². The molecule has 0 saturated heterocycles. The van der Waals surface area contributed by atoms with Crippen LogP contribution in [0.5, 0.6) is 0 Å². The van der Waals surface area contributed by atoms with Crippen LogP contribution in [0.25, 0.3) is 0 Å². The zero-order valence-corrected chi connectivity index (χ0v) is 12.9. The molecule has 0 aromatic carbocycles. The third-order valence-corrected chi connectivity index (χ3v) is 5.30. The maximum atomic E-state index is 3.74. The molecule has 1 N–H and O–H groups in total. The lowest BCUT2D eigenvalue weighted by molar-refractivity contribution is 0.262. The van der Waals surface area contributed by atoms with Crippen LogP contribution >= 0.6 is 27.3 Å². The van der Waals surface area contributed by atoms with E-state index in [4.69, 9.17) is 0 Å². The van der Waals surface area contributed by atoms with Gasteiger partial charge in [0.2, 0.25) is 0 Å². The minimum absolute atomic E-state index is 0.754. The highest BCUT2D eigenvalue weighted by atomic mass is 79.9. The van der Waals surface area contributed by atoms with E-state index in [1.165, 1.54) is 53.7 Å². The van der Waals surface area contributed by atoms with Gasteiger partial charge in [0.25, 0.3) is 0 Å². The van der Waals surface area contributed by atoms with Gasteiger partial charge < -0.3 is 5.32 Å². The number of hydrogen-bond donors (Lipinski definition) is 1. The molecule has 17 heavy (non-hydrogen) atoms. The molecular formula is C14H22BrNS. The van der Waals surface area contributed by atoms with Crippen LogP contribution in [0.2, 0.25) is 0 Å². The molecular weight excluding hydrogens is 294 g/mol. The maximum Gasteiger partial charge on any atom is 0.0701 e. The zero-order valence-electron chi connectivity index (χ0n) is 10.5. The molecule has 0 amide bonds. The molecule has 1 nitrogen and oxygen atoms in total. The predicted molar refractivity (Wildman–Crippen MR) is 79.8 cm³/mol. The first-order valence-corrected chi connectivity index (χ1v) is 8.38. The Morgan fingerprint density at radius 3 is 2.88 bits per heavy atom. The smallest absolute Gasteiger partial charge is 0.0701 e. The van der Waals surface area contributed by atoms with Crippen LogP contribution in [0.15, 0.2) is 15.9 Å². The summed E-state index contributed by atoms with van der Waals surface area (Å²) in [7, 11) is 0. The molecule has 0 aliphatic heterocycles. The first-order valence-electron chi connectivity index (χ1n) is 6.77. The normalized spacial score (nSPS) is 25.1. The molecule has 3 heteroatoms. The Bertz CT molecular complexity index is 337. The van der Waals surface area contributed by atoms with E-state index >= 15 is 0 Å². The molecule has 2 atom stereocenters. The van der Waals surface area contributed by atoms with Crippen molar-refractivity contribution in [3.63, 3.8) is 0 Å². The van der Waals surface area contributed by atoms with Crippen molar-refractivity contribution in [1.82, 2.24) is 5.32 Å². The van der Waals surface area contributed by atoms with E-state index in [0.717, 1.165) is 12.0 Å². The highest BCUT2D eigenvalue weighted by Crippen LogP contribution is 2.31. The van der Waals surface area contributed by atoms with Crippen molar-refractivity contribution in [3.05, 3.63) is 20.8 Å². The minimum atomic E-state index is 0.754. The molecule has 1 aliphatic carbocycles. The molecule has 1 aliphatic rings. The van der Waals surface area contributed by atoms with Gasteiger partial charge >= 0.3 is 0 Å². The fourth-order valence-electron chi connectivity index (χ4n) is 2.77. The molecule has 1 aromatic rings. The van der Waals surface area contributed by atoms with Gasteiger partial charge in [0.15, 0.2) is 0 Å². The summed E-state index contributed by atoms with van der Waals surface area (Å²) in [4.78, 5) is 1.53. The largest absolute Gasteiger partial charge is 0.314 e. The Morgan fingerprint density at radius 2 is 2.18 bits per heavy atom. The Morgan fingerprint density at radius 1 is 1.35 bits per heavy atom. The van der Waals surface area contributed by atoms with Gasteiger partial charge in [-0.3, -0.25) is 0 Å². The van der Waals surface area contributed by atoms with Crippen molar-refractivity contribution in [2.24, 2.45) is 5.92 Å². The standard InChI is InChI=1S/C14H22BrNS/c1-2-9-16-13-6-4-3-5-11(13)10-12-7-8-14(15)17-12/h7-8,11,13,16H,2-6,9-10H2,1H3. The lowest BCUT2D eigenvalue weighted by Crippen LogP contribution is -2.39. The van der Waals surface area contributed by atoms with Crippen LogP contribution < -0.4 is 5.32 Å². The van der Waals surface area contributed by atoms with Crippen LogP contribution in [0.3, 0.4) is 0 Å². The van der Waals surface area contributed by atoms with E-state index in [-0.39, 0.29) is 0 Å². The summed E-state index contributed by atoms with van der Waals surface area (Å²) in [5.41, 5.74) is 0. The first kappa shape index (κ1) is 13.6. The predicted octanol–water partition coefficient (Wildman–Crippen LogP) is 4.61. The molecule has 2 rings (SSSR count). The summed E-state index contributed by atoms with van der Waals surface area (Å²) in [5.74, 6) is 0.848. The van der Waals surface area contributed by atoms with Crippen LogP contribution in [0, 0.1) is 5.92 Å². The number of thiophene rings is 1. The SMILES string of the molecule is CCCNC1CCCCC1Cc1ccc(Br)s1. The van der Waals surface area contributed by atoms with Gasteiger partial charge in [-0.2, -0.15) is 0 Å². The second-order valence-electron chi connectivity index (χ2n) is 5.02. The molecule has 1 fully saturated rings. The fourth-order valence-corrected chi connectivity index (χ4v) is 4.35. The van der Waals surface area contributed by atoms with E-state index in [1.807, 2.05) is 11.3 Å². The summed E-state index contributed by atoms with van der Waals surface area (Å²) in [5, 5.41) is 3.74. The summed E-state index contributed by atoms with van der Waals surface area (Å²) in [6.45, 7) is 3.43. The van der Waals surface area contributed by atoms with Gasteiger partial charge in [-0.05, 0) is 66.2 Å². The number of halogens is 1. The fraction of sp³-hybridized carbons (Fsp3) is 0.714. The Kier molecular flexibility index (Phi) is 5.51. The lowest BCUT2D eigenvalue weighted by Gasteiger charge is -2.32. The molecule has 96 valence electrons. The Labute approximate surface area is 117 Å². The van der Waals surface area contributed by atoms with Gasteiger partial charge in [-0.15, -0.1) is 11.3 Å². The second kappa shape index (κ2) is 6.91. The van der Waals surface area contributed by atoms with Crippen molar-refractivity contribution in [1.29, 1.82) is 0 Å². The molecule has 0 spiro atoms. The zero-order chi connectivity index (χ0) is 12.1. The first-order chi connectivity index (χ1) is 8.29. The Balaban J connectivity index is 1.91.